The Labute approximate surface area is 379 Å². The van der Waals surface area contributed by atoms with Gasteiger partial charge < -0.3 is 48.9 Å². The largest absolute Gasteiger partial charge is 0.502 e. The third kappa shape index (κ3) is 14.1. The van der Waals surface area contributed by atoms with Gasteiger partial charge in [-0.25, -0.2) is 0 Å². The van der Waals surface area contributed by atoms with E-state index in [1.807, 2.05) is 63.2 Å². The number of phenolic OH excluding ortho intramolecular Hbond substituents is 1. The number of fused-ring (bicyclic) bond motifs is 3. The van der Waals surface area contributed by atoms with Crippen molar-refractivity contribution in [1.29, 1.82) is 0 Å². The number of carbonyl (C=O) groups excluding carboxylic acids is 5. The lowest BCUT2D eigenvalue weighted by Crippen LogP contribution is -2.35. The maximum atomic E-state index is 13.4. The molecule has 7 rings (SSSR count). The number of para-hydroxylation sites is 1. The van der Waals surface area contributed by atoms with E-state index in [1.165, 1.54) is 32.5 Å². The minimum atomic E-state index is -0.174. The molecule has 1 aliphatic carbocycles. The highest BCUT2D eigenvalue weighted by Crippen LogP contribution is 2.39. The molecule has 1 unspecified atom stereocenters. The van der Waals surface area contributed by atoms with Crippen LogP contribution in [-0.2, 0) is 47.9 Å². The van der Waals surface area contributed by atoms with E-state index in [0.29, 0.717) is 74.6 Å². The van der Waals surface area contributed by atoms with Crippen molar-refractivity contribution in [2.75, 3.05) is 54.9 Å². The number of nitrogens with zero attached hydrogens (tertiary/aromatic N) is 1. The Bertz CT molecular complexity index is 2350. The number of ether oxygens (including phenoxy) is 7. The fraction of sp³-hybridized carbons (Fsp3) is 0.367. The Balaban J connectivity index is 0.000000237. The Morgan fingerprint density at radius 3 is 2.03 bits per heavy atom. The molecule has 2 amide bonds. The number of benzene rings is 4. The average molecular weight is 898 g/mol. The van der Waals surface area contributed by atoms with Gasteiger partial charge in [-0.05, 0) is 117 Å². The Morgan fingerprint density at radius 1 is 0.815 bits per heavy atom. The van der Waals surface area contributed by atoms with Gasteiger partial charge >= 0.3 is 0 Å². The second-order valence-corrected chi connectivity index (χ2v) is 14.9. The molecule has 0 fully saturated rings. The van der Waals surface area contributed by atoms with Gasteiger partial charge in [-0.3, -0.25) is 28.5 Å². The Hall–Kier alpha value is -7.23. The van der Waals surface area contributed by atoms with Crippen LogP contribution in [0.1, 0.15) is 64.5 Å². The molecule has 0 saturated heterocycles. The van der Waals surface area contributed by atoms with Gasteiger partial charge in [-0.2, -0.15) is 0 Å². The number of aromatic hydroxyl groups is 1. The van der Waals surface area contributed by atoms with E-state index in [9.17, 15) is 24.3 Å². The summed E-state index contributed by atoms with van der Waals surface area (Å²) in [5, 5.41) is 15.8. The lowest BCUT2D eigenvalue weighted by molar-refractivity contribution is -0.130. The van der Waals surface area contributed by atoms with Crippen molar-refractivity contribution in [3.05, 3.63) is 106 Å². The van der Waals surface area contributed by atoms with E-state index in [4.69, 9.17) is 33.2 Å². The highest BCUT2D eigenvalue weighted by atomic mass is 16.7. The fourth-order valence-electron chi connectivity index (χ4n) is 7.21. The van der Waals surface area contributed by atoms with Crippen molar-refractivity contribution >= 4 is 41.6 Å². The van der Waals surface area contributed by atoms with E-state index in [-0.39, 0.29) is 29.9 Å². The van der Waals surface area contributed by atoms with Crippen molar-refractivity contribution in [1.82, 2.24) is 15.2 Å². The lowest BCUT2D eigenvalue weighted by atomic mass is 9.84. The summed E-state index contributed by atoms with van der Waals surface area (Å²) in [6.45, 7) is 8.22. The molecule has 0 spiro atoms. The summed E-state index contributed by atoms with van der Waals surface area (Å²) in [6, 6.07) is 22.2. The predicted molar refractivity (Wildman–Crippen MR) is 243 cm³/mol. The summed E-state index contributed by atoms with van der Waals surface area (Å²) in [5.74, 6) is 3.31. The first-order valence-corrected chi connectivity index (χ1v) is 21.1. The number of nitrogens with one attached hydrogen (secondary N) is 2. The Kier molecular flexibility index (Phi) is 20.0. The highest BCUT2D eigenvalue weighted by Gasteiger charge is 2.24. The number of hydrogen-bond donors (Lipinski definition) is 3. The molecule has 4 aromatic carbocycles. The van der Waals surface area contributed by atoms with Gasteiger partial charge in [0, 0.05) is 36.2 Å². The molecule has 16 nitrogen and oxygen atoms in total. The zero-order valence-electron chi connectivity index (χ0n) is 38.0. The van der Waals surface area contributed by atoms with Crippen LogP contribution in [0.15, 0.2) is 72.8 Å². The highest BCUT2D eigenvalue weighted by molar-refractivity contribution is 6.05. The normalized spacial score (nSPS) is 12.8. The molecule has 5 aromatic rings. The van der Waals surface area contributed by atoms with E-state index < -0.39 is 0 Å². The van der Waals surface area contributed by atoms with E-state index >= 15 is 0 Å². The van der Waals surface area contributed by atoms with Crippen LogP contribution in [0.4, 0.5) is 0 Å². The molecule has 348 valence electrons. The molecule has 0 radical (unpaired) electrons. The average Bonchev–Trinajstić information content (AvgIpc) is 3.89. The number of amides is 2. The molecular weight excluding hydrogens is 839 g/mol. The van der Waals surface area contributed by atoms with Gasteiger partial charge in [-0.15, -0.1) is 0 Å². The first-order chi connectivity index (χ1) is 31.4. The van der Waals surface area contributed by atoms with E-state index in [2.05, 4.69) is 27.5 Å². The smallest absolute Gasteiger partial charge is 0.293 e. The number of rotatable bonds is 15. The predicted octanol–water partition coefficient (Wildman–Crippen LogP) is 6.42. The summed E-state index contributed by atoms with van der Waals surface area (Å²) in [4.78, 5) is 56.7. The van der Waals surface area contributed by atoms with Crippen LogP contribution in [0.5, 0.6) is 34.5 Å². The summed E-state index contributed by atoms with van der Waals surface area (Å²) < 4.78 is 36.2. The van der Waals surface area contributed by atoms with Crippen LogP contribution in [0.2, 0.25) is 0 Å². The van der Waals surface area contributed by atoms with Crippen molar-refractivity contribution in [3.8, 4) is 34.5 Å². The summed E-state index contributed by atoms with van der Waals surface area (Å²) >= 11 is 0. The second-order valence-electron chi connectivity index (χ2n) is 14.9. The SMILES string of the molecule is CCCC(=O)NCCNC(=O)Cc1c(C)n(C(=O)c2ccc(C)cc2)c2ccc(OC)cc12.COC=O.COc1cccc(OC)c1O.O=COCC1CCc2cc3c(cc2C1)OCO3. The minimum Gasteiger partial charge on any atom is -0.502 e. The van der Waals surface area contributed by atoms with Gasteiger partial charge in [0.2, 0.25) is 24.4 Å². The first-order valence-electron chi connectivity index (χ1n) is 21.1. The number of phenols is 1. The van der Waals surface area contributed by atoms with Crippen LogP contribution in [0, 0.1) is 19.8 Å². The monoisotopic (exact) mass is 897 g/mol. The van der Waals surface area contributed by atoms with Crippen LogP contribution in [0.25, 0.3) is 10.9 Å². The maximum absolute atomic E-state index is 13.4. The van der Waals surface area contributed by atoms with E-state index in [1.54, 1.807) is 29.9 Å². The molecule has 1 atom stereocenters. The molecule has 1 aliphatic heterocycles. The summed E-state index contributed by atoms with van der Waals surface area (Å²) in [6.07, 6.45) is 4.39. The number of aryl methyl sites for hydroxylation is 2. The zero-order valence-corrected chi connectivity index (χ0v) is 38.0. The van der Waals surface area contributed by atoms with Crippen LogP contribution >= 0.6 is 0 Å². The third-order valence-electron chi connectivity index (χ3n) is 10.6. The van der Waals surface area contributed by atoms with Crippen LogP contribution in [-0.4, -0.2) is 95.3 Å². The molecular formula is C49H59N3O13. The van der Waals surface area contributed by atoms with Gasteiger partial charge in [0.25, 0.3) is 18.9 Å². The molecule has 3 N–H and O–H groups in total. The third-order valence-corrected chi connectivity index (χ3v) is 10.6. The molecule has 0 saturated carbocycles. The topological polar surface area (TPSA) is 199 Å². The quantitative estimate of drug-likeness (QED) is 0.0769. The molecule has 16 heteroatoms. The van der Waals surface area contributed by atoms with Crippen LogP contribution in [0.3, 0.4) is 0 Å². The van der Waals surface area contributed by atoms with Crippen molar-refractivity contribution in [2.45, 2.75) is 59.3 Å². The summed E-state index contributed by atoms with van der Waals surface area (Å²) in [7, 11) is 5.89. The fourth-order valence-corrected chi connectivity index (χ4v) is 7.21. The first kappa shape index (κ1) is 50.4. The molecule has 2 heterocycles. The zero-order chi connectivity index (χ0) is 47.3. The number of carbonyl (C=O) groups is 5. The standard InChI is InChI=1S/C26H31N3O4.C13H14O4.C8H10O3.C2H4O2/c1-5-6-24(30)27-13-14-28-25(31)16-21-18(3)29(23-12-11-20(33-4)15-22(21)23)26(32)19-9-7-17(2)8-10-19;14-7-15-6-9-1-2-10-4-12-13(17-8-16-12)5-11(10)3-9;1-10-6-4-3-5-7(11-2)8(6)9;1-4-2-3/h7-12,15H,5-6,13-14,16H2,1-4H3,(H,27,30)(H,28,31);4-5,7,9H,1-3,6,8H2;3-5,9H,1-2H3;2H,1H3. The Morgan fingerprint density at radius 2 is 1.45 bits per heavy atom. The minimum absolute atomic E-state index is 0.0209. The number of aromatic nitrogens is 1. The maximum Gasteiger partial charge on any atom is 0.293 e. The van der Waals surface area contributed by atoms with Crippen LogP contribution < -0.4 is 34.3 Å². The molecule has 2 aliphatic rings. The van der Waals surface area contributed by atoms with Gasteiger partial charge in [0.1, 0.15) is 5.75 Å². The van der Waals surface area contributed by atoms with E-state index in [0.717, 1.165) is 64.9 Å². The number of hydrogen-bond acceptors (Lipinski definition) is 13. The van der Waals surface area contributed by atoms with Crippen molar-refractivity contribution in [3.63, 3.8) is 0 Å². The van der Waals surface area contributed by atoms with Gasteiger partial charge in [0.15, 0.2) is 23.0 Å². The number of methoxy groups -OCH3 is 4. The molecule has 65 heavy (non-hydrogen) atoms. The second kappa shape index (κ2) is 25.8. The van der Waals surface area contributed by atoms with Gasteiger partial charge in [0.05, 0.1) is 47.0 Å². The van der Waals surface area contributed by atoms with Crippen molar-refractivity contribution < 1.29 is 62.2 Å². The summed E-state index contributed by atoms with van der Waals surface area (Å²) in [5.41, 5.74) is 6.50. The molecule has 1 aromatic heterocycles. The van der Waals surface area contributed by atoms with Crippen molar-refractivity contribution in [2.24, 2.45) is 5.92 Å². The molecule has 0 bridgehead atoms. The lowest BCUT2D eigenvalue weighted by Gasteiger charge is -2.23. The van der Waals surface area contributed by atoms with Gasteiger partial charge in [-0.1, -0.05) is 30.7 Å².